The second-order valence-electron chi connectivity index (χ2n) is 4.07. The highest BCUT2D eigenvalue weighted by atomic mass is 35.5. The van der Waals surface area contributed by atoms with Crippen LogP contribution in [-0.4, -0.2) is 53.6 Å². The molecule has 2 heterocycles. The lowest BCUT2D eigenvalue weighted by Crippen LogP contribution is -2.44. The molecule has 2 aliphatic heterocycles. The Morgan fingerprint density at radius 1 is 1.45 bits per heavy atom. The van der Waals surface area contributed by atoms with Crippen LogP contribution in [0.3, 0.4) is 0 Å². The Bertz CT molecular complexity index is 455. The highest BCUT2D eigenvalue weighted by Crippen LogP contribution is 2.17. The lowest BCUT2D eigenvalue weighted by molar-refractivity contribution is -0.306. The van der Waals surface area contributed by atoms with Gasteiger partial charge in [0, 0.05) is 12.8 Å². The van der Waals surface area contributed by atoms with Gasteiger partial charge in [0.25, 0.3) is 0 Å². The molecule has 9 nitrogen and oxygen atoms in total. The van der Waals surface area contributed by atoms with Gasteiger partial charge in [0.05, 0.1) is 0 Å². The van der Waals surface area contributed by atoms with E-state index in [0.29, 0.717) is 5.23 Å². The molecular weight excluding hydrogens is 296 g/mol. The van der Waals surface area contributed by atoms with E-state index in [9.17, 15) is 19.2 Å². The molecule has 0 aromatic carbocycles. The van der Waals surface area contributed by atoms with E-state index in [-0.39, 0.29) is 25.3 Å². The Labute approximate surface area is 118 Å². The van der Waals surface area contributed by atoms with E-state index in [4.69, 9.17) is 16.4 Å². The number of nitrogens with zero attached hydrogens (tertiary/aromatic N) is 1. The van der Waals surface area contributed by atoms with Crippen molar-refractivity contribution in [1.82, 2.24) is 10.5 Å². The number of esters is 1. The van der Waals surface area contributed by atoms with Crippen LogP contribution < -0.4 is 5.32 Å². The van der Waals surface area contributed by atoms with Crippen molar-refractivity contribution in [3.8, 4) is 0 Å². The van der Waals surface area contributed by atoms with Crippen molar-refractivity contribution < 1.29 is 33.6 Å². The van der Waals surface area contributed by atoms with Gasteiger partial charge in [-0.2, -0.15) is 0 Å². The van der Waals surface area contributed by atoms with Crippen molar-refractivity contribution in [2.75, 3.05) is 12.5 Å². The molecule has 2 amide bonds. The molecule has 10 heteroatoms. The number of rotatable bonds is 4. The summed E-state index contributed by atoms with van der Waals surface area (Å²) >= 11 is 5.29. The monoisotopic (exact) mass is 306 g/mol. The standard InChI is InChI=1S/C10H11ClN2O7/c11-3-7(14)12-5-4-18-13(9(5)16)20-10(17)6-1-2-8(15)19-6/h5-6H,1-4H2,(H,12,14)/t5-,6?/m0/s1. The van der Waals surface area contributed by atoms with Crippen molar-refractivity contribution in [1.29, 1.82) is 0 Å². The van der Waals surface area contributed by atoms with Gasteiger partial charge in [-0.25, -0.2) is 9.63 Å². The molecule has 2 rings (SSSR count). The quantitative estimate of drug-likeness (QED) is 0.505. The molecule has 1 unspecified atom stereocenters. The summed E-state index contributed by atoms with van der Waals surface area (Å²) in [5.41, 5.74) is 0. The fourth-order valence-electron chi connectivity index (χ4n) is 1.64. The first-order chi connectivity index (χ1) is 9.51. The van der Waals surface area contributed by atoms with Crippen LogP contribution in [0.15, 0.2) is 0 Å². The smallest absolute Gasteiger partial charge is 0.375 e. The topological polar surface area (TPSA) is 111 Å². The number of carbonyl (C=O) groups excluding carboxylic acids is 4. The van der Waals surface area contributed by atoms with E-state index in [1.165, 1.54) is 0 Å². The lowest BCUT2D eigenvalue weighted by atomic mass is 10.2. The molecule has 2 fully saturated rings. The van der Waals surface area contributed by atoms with E-state index < -0.39 is 35.9 Å². The van der Waals surface area contributed by atoms with Crippen LogP contribution in [0, 0.1) is 0 Å². The third-order valence-electron chi connectivity index (χ3n) is 2.61. The summed E-state index contributed by atoms with van der Waals surface area (Å²) in [4.78, 5) is 54.7. The summed E-state index contributed by atoms with van der Waals surface area (Å²) in [6.45, 7) is -0.181. The van der Waals surface area contributed by atoms with Crippen LogP contribution in [0.2, 0.25) is 0 Å². The van der Waals surface area contributed by atoms with Gasteiger partial charge in [-0.05, 0) is 5.23 Å². The first-order valence-corrected chi connectivity index (χ1v) is 6.28. The molecule has 110 valence electrons. The van der Waals surface area contributed by atoms with Crippen molar-refractivity contribution in [2.24, 2.45) is 0 Å². The Morgan fingerprint density at radius 3 is 2.80 bits per heavy atom. The maximum absolute atomic E-state index is 11.7. The number of nitrogens with one attached hydrogen (secondary N) is 1. The van der Waals surface area contributed by atoms with Crippen molar-refractivity contribution in [2.45, 2.75) is 25.0 Å². The van der Waals surface area contributed by atoms with Crippen LogP contribution in [0.1, 0.15) is 12.8 Å². The number of cyclic esters (lactones) is 1. The number of amides is 2. The zero-order valence-corrected chi connectivity index (χ0v) is 10.9. The van der Waals surface area contributed by atoms with E-state index >= 15 is 0 Å². The molecular formula is C10H11ClN2O7. The van der Waals surface area contributed by atoms with E-state index in [1.807, 2.05) is 0 Å². The Kier molecular flexibility index (Phi) is 4.40. The van der Waals surface area contributed by atoms with Gasteiger partial charge >= 0.3 is 17.8 Å². The second kappa shape index (κ2) is 6.06. The Hall–Kier alpha value is -1.87. The highest BCUT2D eigenvalue weighted by molar-refractivity contribution is 6.27. The van der Waals surface area contributed by atoms with Gasteiger partial charge in [0.15, 0.2) is 0 Å². The summed E-state index contributed by atoms with van der Waals surface area (Å²) in [5.74, 6) is -3.02. The highest BCUT2D eigenvalue weighted by Gasteiger charge is 2.40. The van der Waals surface area contributed by atoms with E-state index in [0.717, 1.165) is 0 Å². The SMILES string of the molecule is O=C(CCl)N[C@H]1CON(OC(=O)C2CCC(=O)O2)C1=O. The van der Waals surface area contributed by atoms with E-state index in [1.54, 1.807) is 0 Å². The first kappa shape index (κ1) is 14.5. The zero-order valence-electron chi connectivity index (χ0n) is 10.2. The number of carbonyl (C=O) groups is 4. The van der Waals surface area contributed by atoms with Crippen LogP contribution in [0.25, 0.3) is 0 Å². The lowest BCUT2D eigenvalue weighted by Gasteiger charge is -2.15. The van der Waals surface area contributed by atoms with Crippen molar-refractivity contribution in [3.63, 3.8) is 0 Å². The number of hydroxylamine groups is 2. The average Bonchev–Trinajstić information content (AvgIpc) is 2.99. The van der Waals surface area contributed by atoms with Gasteiger partial charge in [-0.15, -0.1) is 11.6 Å². The molecule has 2 saturated heterocycles. The first-order valence-electron chi connectivity index (χ1n) is 5.74. The fourth-order valence-corrected chi connectivity index (χ4v) is 1.72. The third kappa shape index (κ3) is 3.17. The molecule has 0 bridgehead atoms. The molecule has 1 N–H and O–H groups in total. The minimum absolute atomic E-state index is 0.114. The predicted molar refractivity (Wildman–Crippen MR) is 60.7 cm³/mol. The van der Waals surface area contributed by atoms with Crippen LogP contribution in [0.5, 0.6) is 0 Å². The molecule has 0 radical (unpaired) electrons. The van der Waals surface area contributed by atoms with Gasteiger partial charge in [-0.1, -0.05) is 0 Å². The summed E-state index contributed by atoms with van der Waals surface area (Å²) < 4.78 is 4.68. The van der Waals surface area contributed by atoms with Crippen LogP contribution in [0.4, 0.5) is 0 Å². The van der Waals surface area contributed by atoms with Crippen molar-refractivity contribution >= 4 is 35.4 Å². The maximum atomic E-state index is 11.7. The molecule has 2 aliphatic rings. The summed E-state index contributed by atoms with van der Waals surface area (Å²) in [5, 5.41) is 2.66. The summed E-state index contributed by atoms with van der Waals surface area (Å²) in [7, 11) is 0. The maximum Gasteiger partial charge on any atom is 0.375 e. The number of ether oxygens (including phenoxy) is 1. The van der Waals surface area contributed by atoms with Gasteiger partial charge in [0.1, 0.15) is 18.5 Å². The molecule has 0 aromatic rings. The van der Waals surface area contributed by atoms with Crippen LogP contribution >= 0.6 is 11.6 Å². The van der Waals surface area contributed by atoms with Gasteiger partial charge in [0.2, 0.25) is 12.0 Å². The molecule has 20 heavy (non-hydrogen) atoms. The third-order valence-corrected chi connectivity index (χ3v) is 2.86. The van der Waals surface area contributed by atoms with Crippen molar-refractivity contribution in [3.05, 3.63) is 0 Å². The number of hydrogen-bond donors (Lipinski definition) is 1. The van der Waals surface area contributed by atoms with Crippen LogP contribution in [-0.2, 0) is 33.6 Å². The molecule has 0 aromatic heterocycles. The summed E-state index contributed by atoms with van der Waals surface area (Å²) in [6, 6.07) is -0.972. The molecule has 2 atom stereocenters. The zero-order chi connectivity index (χ0) is 14.7. The largest absolute Gasteiger partial charge is 0.450 e. The Morgan fingerprint density at radius 2 is 2.20 bits per heavy atom. The second-order valence-corrected chi connectivity index (χ2v) is 4.34. The average molecular weight is 307 g/mol. The number of alkyl halides is 1. The minimum atomic E-state index is -1.05. The molecule has 0 spiro atoms. The van der Waals surface area contributed by atoms with E-state index in [2.05, 4.69) is 14.9 Å². The number of halogens is 1. The predicted octanol–water partition coefficient (Wildman–Crippen LogP) is -1.35. The Balaban J connectivity index is 1.85. The fraction of sp³-hybridized carbons (Fsp3) is 0.600. The molecule has 0 aliphatic carbocycles. The van der Waals surface area contributed by atoms with Gasteiger partial charge < -0.3 is 14.9 Å². The molecule has 0 saturated carbocycles. The summed E-state index contributed by atoms with van der Waals surface area (Å²) in [6.07, 6.45) is -0.745. The minimum Gasteiger partial charge on any atom is -0.450 e. The van der Waals surface area contributed by atoms with Gasteiger partial charge in [-0.3, -0.25) is 14.4 Å². The number of hydrogen-bond acceptors (Lipinski definition) is 7. The normalized spacial score (nSPS) is 25.6.